The van der Waals surface area contributed by atoms with E-state index in [9.17, 15) is 0 Å². The quantitative estimate of drug-likeness (QED) is 0.189. The summed E-state index contributed by atoms with van der Waals surface area (Å²) in [6, 6.07) is 57.7. The van der Waals surface area contributed by atoms with Gasteiger partial charge in [-0.05, 0) is 77.5 Å². The van der Waals surface area contributed by atoms with Crippen LogP contribution in [0.5, 0.6) is 0 Å². The second kappa shape index (κ2) is 10.2. The van der Waals surface area contributed by atoms with Crippen molar-refractivity contribution in [2.75, 3.05) is 0 Å². The Hall–Kier alpha value is -7.25. The monoisotopic (exact) mass is 665 g/mol. The van der Waals surface area contributed by atoms with Gasteiger partial charge in [0.05, 0.1) is 55.5 Å². The van der Waals surface area contributed by atoms with Crippen molar-refractivity contribution in [1.29, 1.82) is 0 Å². The minimum absolute atomic E-state index is 0.630. The lowest BCUT2D eigenvalue weighted by Crippen LogP contribution is -2.03. The molecule has 5 heterocycles. The average molecular weight is 666 g/mol. The molecular weight excluding hydrogens is 639 g/mol. The Morgan fingerprint density at radius 3 is 1.96 bits per heavy atom. The van der Waals surface area contributed by atoms with Crippen molar-refractivity contribution in [1.82, 2.24) is 32.9 Å². The maximum absolute atomic E-state index is 5.39. The highest BCUT2D eigenvalue weighted by Gasteiger charge is 2.22. The van der Waals surface area contributed by atoms with Crippen molar-refractivity contribution in [3.8, 4) is 22.9 Å². The predicted octanol–water partition coefficient (Wildman–Crippen LogP) is 10.5. The Balaban J connectivity index is 1.16. The van der Waals surface area contributed by atoms with Gasteiger partial charge in [0.1, 0.15) is 5.65 Å². The molecule has 242 valence electrons. The summed E-state index contributed by atoms with van der Waals surface area (Å²) in [4.78, 5) is 15.8. The number of benzene rings is 7. The number of nitrogens with zero attached hydrogens (tertiary/aromatic N) is 7. The third-order valence-corrected chi connectivity index (χ3v) is 10.5. The zero-order chi connectivity index (χ0) is 33.9. The highest BCUT2D eigenvalue weighted by Crippen LogP contribution is 2.36. The number of hydrogen-bond acceptors (Lipinski definition) is 3. The normalized spacial score (nSPS) is 12.2. The Labute approximate surface area is 295 Å². The molecular formula is C45H27N7. The first-order valence-corrected chi connectivity index (χ1v) is 17.5. The van der Waals surface area contributed by atoms with Crippen LogP contribution in [0, 0.1) is 0 Å². The molecule has 0 aliphatic carbocycles. The molecule has 0 amide bonds. The standard InChI is InChI=1S/C45H27N7/c1-2-12-29-25-31(22-21-28(29)11-1)43-33-14-4-5-15-34(33)46-44(48-43)52-40-24-23-32(27-41(40)50-36-17-7-3-13-30(36)26-42(50)52)49-38-19-9-10-20-39(38)51-37-18-8-6-16-35(37)47-45(49)51/h1-27H. The van der Waals surface area contributed by atoms with Gasteiger partial charge in [-0.2, -0.15) is 0 Å². The summed E-state index contributed by atoms with van der Waals surface area (Å²) in [6.07, 6.45) is 0. The molecule has 0 bridgehead atoms. The Bertz CT molecular complexity index is 3430. The fourth-order valence-electron chi connectivity index (χ4n) is 8.24. The first-order valence-electron chi connectivity index (χ1n) is 17.5. The molecule has 0 radical (unpaired) electrons. The number of aromatic nitrogens is 7. The summed E-state index contributed by atoms with van der Waals surface area (Å²) >= 11 is 0. The zero-order valence-corrected chi connectivity index (χ0v) is 27.7. The molecule has 12 rings (SSSR count). The van der Waals surface area contributed by atoms with E-state index in [2.05, 4.69) is 170 Å². The van der Waals surface area contributed by atoms with Gasteiger partial charge in [0.15, 0.2) is 0 Å². The van der Waals surface area contributed by atoms with Gasteiger partial charge in [-0.25, -0.2) is 15.0 Å². The number of para-hydroxylation sites is 6. The van der Waals surface area contributed by atoms with E-state index < -0.39 is 0 Å². The summed E-state index contributed by atoms with van der Waals surface area (Å²) in [5.74, 6) is 1.51. The predicted molar refractivity (Wildman–Crippen MR) is 211 cm³/mol. The molecule has 0 atom stereocenters. The Morgan fingerprint density at radius 1 is 0.385 bits per heavy atom. The van der Waals surface area contributed by atoms with Crippen LogP contribution in [-0.4, -0.2) is 32.9 Å². The van der Waals surface area contributed by atoms with Crippen molar-refractivity contribution in [2.45, 2.75) is 0 Å². The lowest BCUT2D eigenvalue weighted by Gasteiger charge is -2.12. The van der Waals surface area contributed by atoms with E-state index in [0.717, 1.165) is 83.3 Å². The van der Waals surface area contributed by atoms with Crippen LogP contribution in [0.3, 0.4) is 0 Å². The lowest BCUT2D eigenvalue weighted by molar-refractivity contribution is 1.00. The third kappa shape index (κ3) is 3.71. The zero-order valence-electron chi connectivity index (χ0n) is 27.7. The Kier molecular flexibility index (Phi) is 5.38. The molecule has 5 aromatic heterocycles. The summed E-state index contributed by atoms with van der Waals surface area (Å²) in [7, 11) is 0. The van der Waals surface area contributed by atoms with Crippen LogP contribution in [0.1, 0.15) is 0 Å². The van der Waals surface area contributed by atoms with E-state index in [1.54, 1.807) is 0 Å². The number of rotatable bonds is 3. The van der Waals surface area contributed by atoms with Crippen molar-refractivity contribution in [3.63, 3.8) is 0 Å². The van der Waals surface area contributed by atoms with Crippen LogP contribution in [0.15, 0.2) is 164 Å². The van der Waals surface area contributed by atoms with Gasteiger partial charge in [0.25, 0.3) is 0 Å². The highest BCUT2D eigenvalue weighted by atomic mass is 15.2. The fourth-order valence-corrected chi connectivity index (χ4v) is 8.24. The third-order valence-electron chi connectivity index (χ3n) is 10.5. The maximum atomic E-state index is 5.39. The van der Waals surface area contributed by atoms with Crippen molar-refractivity contribution in [3.05, 3.63) is 164 Å². The number of hydrogen-bond donors (Lipinski definition) is 0. The maximum Gasteiger partial charge on any atom is 0.237 e. The molecule has 0 saturated carbocycles. The summed E-state index contributed by atoms with van der Waals surface area (Å²) < 4.78 is 9.09. The topological polar surface area (TPSA) is 57.3 Å². The van der Waals surface area contributed by atoms with E-state index in [1.807, 2.05) is 12.1 Å². The van der Waals surface area contributed by atoms with E-state index in [1.165, 1.54) is 10.8 Å². The van der Waals surface area contributed by atoms with Gasteiger partial charge >= 0.3 is 0 Å². The number of imidazole rings is 3. The first kappa shape index (κ1) is 27.6. The highest BCUT2D eigenvalue weighted by molar-refractivity contribution is 6.00. The van der Waals surface area contributed by atoms with Gasteiger partial charge < -0.3 is 0 Å². The van der Waals surface area contributed by atoms with E-state index in [4.69, 9.17) is 15.0 Å². The van der Waals surface area contributed by atoms with Crippen molar-refractivity contribution < 1.29 is 0 Å². The second-order valence-electron chi connectivity index (χ2n) is 13.4. The lowest BCUT2D eigenvalue weighted by atomic mass is 10.0. The minimum Gasteiger partial charge on any atom is -0.293 e. The molecule has 0 spiro atoms. The second-order valence-corrected chi connectivity index (χ2v) is 13.4. The SMILES string of the molecule is c1ccc2cc(-c3nc(-n4c5ccc(-n6c7ccccc7n7c8ccccc8nc67)cc5n5c6ccccc6cc45)nc4ccccc34)ccc2c1. The minimum atomic E-state index is 0.630. The molecule has 12 aromatic rings. The molecule has 7 aromatic carbocycles. The van der Waals surface area contributed by atoms with Gasteiger partial charge in [-0.3, -0.25) is 17.9 Å². The van der Waals surface area contributed by atoms with Gasteiger partial charge in [0.2, 0.25) is 11.7 Å². The van der Waals surface area contributed by atoms with Crippen LogP contribution >= 0.6 is 0 Å². The molecule has 0 saturated heterocycles. The van der Waals surface area contributed by atoms with Crippen molar-refractivity contribution in [2.24, 2.45) is 0 Å². The van der Waals surface area contributed by atoms with Crippen LogP contribution in [-0.2, 0) is 0 Å². The molecule has 0 unspecified atom stereocenters. The van der Waals surface area contributed by atoms with Gasteiger partial charge in [-0.1, -0.05) is 97.1 Å². The Morgan fingerprint density at radius 2 is 1.08 bits per heavy atom. The molecule has 7 nitrogen and oxygen atoms in total. The van der Waals surface area contributed by atoms with Crippen LogP contribution < -0.4 is 0 Å². The largest absolute Gasteiger partial charge is 0.293 e. The molecule has 0 aliphatic heterocycles. The van der Waals surface area contributed by atoms with Crippen molar-refractivity contribution >= 4 is 77.1 Å². The van der Waals surface area contributed by atoms with E-state index in [-0.39, 0.29) is 0 Å². The molecule has 0 fully saturated rings. The fraction of sp³-hybridized carbons (Fsp3) is 0. The molecule has 52 heavy (non-hydrogen) atoms. The van der Waals surface area contributed by atoms with E-state index >= 15 is 0 Å². The smallest absolute Gasteiger partial charge is 0.237 e. The van der Waals surface area contributed by atoms with Crippen LogP contribution in [0.4, 0.5) is 0 Å². The van der Waals surface area contributed by atoms with Crippen LogP contribution in [0.25, 0.3) is 100.0 Å². The molecule has 0 N–H and O–H groups in total. The summed E-state index contributed by atoms with van der Waals surface area (Å²) in [5, 5.41) is 4.56. The first-order chi connectivity index (χ1) is 25.8. The van der Waals surface area contributed by atoms with Crippen LogP contribution in [0.2, 0.25) is 0 Å². The molecule has 7 heteroatoms. The number of fused-ring (bicyclic) bond motifs is 12. The molecule has 0 aliphatic rings. The van der Waals surface area contributed by atoms with E-state index in [0.29, 0.717) is 5.95 Å². The summed E-state index contributed by atoms with van der Waals surface area (Å²) in [5.41, 5.74) is 12.4. The van der Waals surface area contributed by atoms with Gasteiger partial charge in [0, 0.05) is 16.3 Å². The van der Waals surface area contributed by atoms with Gasteiger partial charge in [-0.15, -0.1) is 0 Å². The summed E-state index contributed by atoms with van der Waals surface area (Å²) in [6.45, 7) is 0. The average Bonchev–Trinajstić information content (AvgIpc) is 3.93.